The quantitative estimate of drug-likeness (QED) is 0.593. The van der Waals surface area contributed by atoms with Crippen molar-refractivity contribution in [3.8, 4) is 5.75 Å². The minimum absolute atomic E-state index is 0.0366. The van der Waals surface area contributed by atoms with Crippen LogP contribution in [0.5, 0.6) is 5.75 Å². The van der Waals surface area contributed by atoms with E-state index in [0.717, 1.165) is 16.9 Å². The summed E-state index contributed by atoms with van der Waals surface area (Å²) in [6.07, 6.45) is 0.573. The largest absolute Gasteiger partial charge is 0.489 e. The predicted molar refractivity (Wildman–Crippen MR) is 113 cm³/mol. The SMILES string of the molecule is COCCN1C(=O)[C@H](Cc2ccccc2OCc2ccc(Cl)cc2)SC1=S. The van der Waals surface area contributed by atoms with Crippen molar-refractivity contribution in [3.05, 3.63) is 64.7 Å². The second kappa shape index (κ2) is 9.55. The number of rotatable bonds is 8. The maximum atomic E-state index is 12.7. The van der Waals surface area contributed by atoms with Gasteiger partial charge >= 0.3 is 0 Å². The number of benzene rings is 2. The van der Waals surface area contributed by atoms with E-state index in [9.17, 15) is 4.79 Å². The Kier molecular flexibility index (Phi) is 7.13. The lowest BCUT2D eigenvalue weighted by Crippen LogP contribution is -2.34. The van der Waals surface area contributed by atoms with Crippen molar-refractivity contribution in [2.75, 3.05) is 20.3 Å². The standard InChI is InChI=1S/C20H20ClNO3S2/c1-24-11-10-22-19(23)18(27-20(22)26)12-15-4-2-3-5-17(15)25-13-14-6-8-16(21)9-7-14/h2-9,18H,10-13H2,1H3/t18-/m0/s1. The molecule has 1 aliphatic rings. The van der Waals surface area contributed by atoms with Gasteiger partial charge in [-0.1, -0.05) is 65.9 Å². The van der Waals surface area contributed by atoms with Crippen LogP contribution < -0.4 is 4.74 Å². The summed E-state index contributed by atoms with van der Waals surface area (Å²) < 4.78 is 11.7. The van der Waals surface area contributed by atoms with Gasteiger partial charge in [-0.15, -0.1) is 0 Å². The maximum Gasteiger partial charge on any atom is 0.242 e. The van der Waals surface area contributed by atoms with Crippen molar-refractivity contribution in [2.24, 2.45) is 0 Å². The highest BCUT2D eigenvalue weighted by Gasteiger charge is 2.36. The summed E-state index contributed by atoms with van der Waals surface area (Å²) in [5.74, 6) is 0.816. The number of ether oxygens (including phenoxy) is 2. The molecule has 0 unspecified atom stereocenters. The number of carbonyl (C=O) groups is 1. The van der Waals surface area contributed by atoms with E-state index in [-0.39, 0.29) is 11.2 Å². The van der Waals surface area contributed by atoms with Gasteiger partial charge in [-0.3, -0.25) is 9.69 Å². The fourth-order valence-corrected chi connectivity index (χ4v) is 4.47. The van der Waals surface area contributed by atoms with Gasteiger partial charge in [0.1, 0.15) is 16.7 Å². The number of amides is 1. The Morgan fingerprint density at radius 3 is 2.67 bits per heavy atom. The molecule has 4 nitrogen and oxygen atoms in total. The minimum Gasteiger partial charge on any atom is -0.489 e. The Balaban J connectivity index is 1.66. The fraction of sp³-hybridized carbons (Fsp3) is 0.300. The predicted octanol–water partition coefficient (Wildman–Crippen LogP) is 4.34. The smallest absolute Gasteiger partial charge is 0.242 e. The second-order valence-electron chi connectivity index (χ2n) is 6.08. The zero-order valence-electron chi connectivity index (χ0n) is 14.9. The van der Waals surface area contributed by atoms with Crippen LogP contribution in [0.3, 0.4) is 0 Å². The number of nitrogens with zero attached hydrogens (tertiary/aromatic N) is 1. The lowest BCUT2D eigenvalue weighted by atomic mass is 10.1. The van der Waals surface area contributed by atoms with Crippen LogP contribution in [0.1, 0.15) is 11.1 Å². The molecule has 0 aromatic heterocycles. The highest BCUT2D eigenvalue weighted by atomic mass is 35.5. The van der Waals surface area contributed by atoms with Crippen LogP contribution in [0.25, 0.3) is 0 Å². The van der Waals surface area contributed by atoms with Crippen LogP contribution in [-0.2, 0) is 22.6 Å². The molecule has 1 heterocycles. The van der Waals surface area contributed by atoms with Gasteiger partial charge in [0, 0.05) is 12.1 Å². The van der Waals surface area contributed by atoms with E-state index in [1.807, 2.05) is 48.5 Å². The molecule has 1 aliphatic heterocycles. The summed E-state index contributed by atoms with van der Waals surface area (Å²) in [5.41, 5.74) is 2.03. The number of para-hydroxylation sites is 1. The van der Waals surface area contributed by atoms with Crippen molar-refractivity contribution in [2.45, 2.75) is 18.3 Å². The van der Waals surface area contributed by atoms with Gasteiger partial charge in [0.25, 0.3) is 0 Å². The topological polar surface area (TPSA) is 38.8 Å². The van der Waals surface area contributed by atoms with Gasteiger partial charge < -0.3 is 9.47 Å². The van der Waals surface area contributed by atoms with E-state index in [1.165, 1.54) is 11.8 Å². The lowest BCUT2D eigenvalue weighted by Gasteiger charge is -2.16. The van der Waals surface area contributed by atoms with Crippen molar-refractivity contribution in [1.82, 2.24) is 4.90 Å². The summed E-state index contributed by atoms with van der Waals surface area (Å²) in [6, 6.07) is 15.4. The molecule has 2 aromatic rings. The van der Waals surface area contributed by atoms with E-state index in [2.05, 4.69) is 0 Å². The Bertz CT molecular complexity index is 813. The summed E-state index contributed by atoms with van der Waals surface area (Å²) in [7, 11) is 1.61. The first-order chi connectivity index (χ1) is 13.1. The average molecular weight is 422 g/mol. The number of thiocarbonyl (C=S) groups is 1. The summed E-state index contributed by atoms with van der Waals surface area (Å²) in [6.45, 7) is 1.41. The number of halogens is 1. The molecule has 1 saturated heterocycles. The molecule has 0 radical (unpaired) electrons. The van der Waals surface area contributed by atoms with Gasteiger partial charge in [0.15, 0.2) is 0 Å². The second-order valence-corrected chi connectivity index (χ2v) is 8.36. The van der Waals surface area contributed by atoms with Crippen molar-refractivity contribution >= 4 is 45.8 Å². The molecule has 0 N–H and O–H groups in total. The number of hydrogen-bond donors (Lipinski definition) is 0. The molecule has 1 fully saturated rings. The van der Waals surface area contributed by atoms with Crippen LogP contribution in [0, 0.1) is 0 Å². The van der Waals surface area contributed by atoms with Crippen LogP contribution in [-0.4, -0.2) is 40.6 Å². The lowest BCUT2D eigenvalue weighted by molar-refractivity contribution is -0.126. The zero-order valence-corrected chi connectivity index (χ0v) is 17.3. The van der Waals surface area contributed by atoms with E-state index in [4.69, 9.17) is 33.3 Å². The first kappa shape index (κ1) is 20.1. The van der Waals surface area contributed by atoms with E-state index < -0.39 is 0 Å². The first-order valence-corrected chi connectivity index (χ1v) is 10.2. The molecule has 142 valence electrons. The molecule has 3 rings (SSSR count). The Morgan fingerprint density at radius 1 is 1.19 bits per heavy atom. The Labute approximate surface area is 173 Å². The van der Waals surface area contributed by atoms with Gasteiger partial charge in [-0.05, 0) is 35.7 Å². The Morgan fingerprint density at radius 2 is 1.93 bits per heavy atom. The van der Waals surface area contributed by atoms with Crippen LogP contribution in [0.2, 0.25) is 5.02 Å². The van der Waals surface area contributed by atoms with E-state index >= 15 is 0 Å². The molecule has 1 atom stereocenters. The van der Waals surface area contributed by atoms with Gasteiger partial charge in [-0.25, -0.2) is 0 Å². The average Bonchev–Trinajstić information content (AvgIpc) is 2.93. The molecule has 0 saturated carbocycles. The molecular formula is C20H20ClNO3S2. The van der Waals surface area contributed by atoms with Crippen molar-refractivity contribution in [1.29, 1.82) is 0 Å². The Hall–Kier alpha value is -1.60. The minimum atomic E-state index is -0.227. The third kappa shape index (κ3) is 5.23. The molecule has 27 heavy (non-hydrogen) atoms. The zero-order chi connectivity index (χ0) is 19.2. The normalized spacial score (nSPS) is 16.8. The van der Waals surface area contributed by atoms with Crippen molar-refractivity contribution in [3.63, 3.8) is 0 Å². The highest BCUT2D eigenvalue weighted by molar-refractivity contribution is 8.24. The third-order valence-corrected chi connectivity index (χ3v) is 6.05. The van der Waals surface area contributed by atoms with Crippen LogP contribution in [0.15, 0.2) is 48.5 Å². The first-order valence-electron chi connectivity index (χ1n) is 8.54. The molecular weight excluding hydrogens is 402 g/mol. The molecule has 7 heteroatoms. The maximum absolute atomic E-state index is 12.7. The fourth-order valence-electron chi connectivity index (χ4n) is 2.77. The summed E-state index contributed by atoms with van der Waals surface area (Å²) >= 11 is 12.7. The number of hydrogen-bond acceptors (Lipinski definition) is 5. The van der Waals surface area contributed by atoms with Crippen molar-refractivity contribution < 1.29 is 14.3 Å². The molecule has 0 spiro atoms. The van der Waals surface area contributed by atoms with E-state index in [0.29, 0.717) is 35.5 Å². The highest BCUT2D eigenvalue weighted by Crippen LogP contribution is 2.32. The van der Waals surface area contributed by atoms with E-state index in [1.54, 1.807) is 12.0 Å². The monoisotopic (exact) mass is 421 g/mol. The molecule has 0 bridgehead atoms. The van der Waals surface area contributed by atoms with Gasteiger partial charge in [0.05, 0.1) is 18.4 Å². The van der Waals surface area contributed by atoms with Gasteiger partial charge in [0.2, 0.25) is 5.91 Å². The molecule has 0 aliphatic carbocycles. The summed E-state index contributed by atoms with van der Waals surface area (Å²) in [5, 5.41) is 0.472. The number of carbonyl (C=O) groups excluding carboxylic acids is 1. The molecule has 2 aromatic carbocycles. The molecule has 1 amide bonds. The number of thioether (sulfide) groups is 1. The number of methoxy groups -OCH3 is 1. The van der Waals surface area contributed by atoms with Crippen LogP contribution in [0.4, 0.5) is 0 Å². The summed E-state index contributed by atoms with van der Waals surface area (Å²) in [4.78, 5) is 14.3. The van der Waals surface area contributed by atoms with Crippen LogP contribution >= 0.6 is 35.6 Å². The third-order valence-electron chi connectivity index (χ3n) is 4.21. The van der Waals surface area contributed by atoms with Gasteiger partial charge in [-0.2, -0.15) is 0 Å².